The lowest BCUT2D eigenvalue weighted by Gasteiger charge is -2.44. The van der Waals surface area contributed by atoms with Crippen molar-refractivity contribution in [2.75, 3.05) is 37.0 Å². The number of carbonyl (C=O) groups is 2. The zero-order chi connectivity index (χ0) is 22.1. The highest BCUT2D eigenvalue weighted by Gasteiger charge is 2.42. The molecule has 10 nitrogen and oxygen atoms in total. The molecule has 4 heterocycles. The third kappa shape index (κ3) is 4.85. The molecule has 1 spiro atoms. The summed E-state index contributed by atoms with van der Waals surface area (Å²) in [7, 11) is -0.974. The normalized spacial score (nSPS) is 33.2. The maximum Gasteiger partial charge on any atom is 0.259 e. The fraction of sp³-hybridized carbons (Fsp3) is 0.650. The van der Waals surface area contributed by atoms with Crippen LogP contribution in [-0.4, -0.2) is 74.2 Å². The number of hydrogen-bond acceptors (Lipinski definition) is 8. The van der Waals surface area contributed by atoms with Gasteiger partial charge in [-0.25, -0.2) is 14.2 Å². The van der Waals surface area contributed by atoms with E-state index < -0.39 is 27.2 Å². The number of nitriles is 1. The maximum atomic E-state index is 13.2. The zero-order valence-corrected chi connectivity index (χ0v) is 18.3. The van der Waals surface area contributed by atoms with Crippen LogP contribution in [0.2, 0.25) is 0 Å². The monoisotopic (exact) mass is 446 g/mol. The summed E-state index contributed by atoms with van der Waals surface area (Å²) in [5.74, 6) is 0.362. The molecule has 3 fully saturated rings. The van der Waals surface area contributed by atoms with E-state index in [0.717, 1.165) is 12.8 Å². The van der Waals surface area contributed by atoms with Crippen LogP contribution in [0, 0.1) is 17.2 Å². The smallest absolute Gasteiger partial charge is 0.259 e. The van der Waals surface area contributed by atoms with Gasteiger partial charge in [-0.2, -0.15) is 9.62 Å². The highest BCUT2D eigenvalue weighted by atomic mass is 32.2. The fourth-order valence-electron chi connectivity index (χ4n) is 4.48. The summed E-state index contributed by atoms with van der Waals surface area (Å²) < 4.78 is 23.4. The van der Waals surface area contributed by atoms with E-state index in [2.05, 4.69) is 19.6 Å². The number of aromatic nitrogens is 2. The number of likely N-dealkylation sites (tertiary alicyclic amines) is 1. The van der Waals surface area contributed by atoms with E-state index in [9.17, 15) is 13.8 Å². The van der Waals surface area contributed by atoms with Crippen molar-refractivity contribution in [3.05, 3.63) is 18.1 Å². The van der Waals surface area contributed by atoms with Crippen LogP contribution in [0.15, 0.2) is 16.6 Å². The van der Waals surface area contributed by atoms with Crippen molar-refractivity contribution in [1.82, 2.24) is 14.9 Å². The minimum atomic E-state index is -2.63. The van der Waals surface area contributed by atoms with E-state index in [1.165, 1.54) is 4.90 Å². The molecule has 0 radical (unpaired) electrons. The molecule has 0 saturated carbocycles. The molecule has 0 aliphatic carbocycles. The van der Waals surface area contributed by atoms with Crippen LogP contribution in [0.3, 0.4) is 0 Å². The van der Waals surface area contributed by atoms with E-state index in [0.29, 0.717) is 43.3 Å². The Morgan fingerprint density at radius 2 is 2.23 bits per heavy atom. The van der Waals surface area contributed by atoms with Crippen molar-refractivity contribution in [2.45, 2.75) is 43.7 Å². The van der Waals surface area contributed by atoms with Crippen LogP contribution in [0.5, 0.6) is 0 Å². The first kappa shape index (κ1) is 21.6. The molecule has 0 bridgehead atoms. The SMILES string of the molecule is CN1CC(C(=O)N=S2(=O)CCC3(CC2)CC(Nc2ccnc(C#N)n2)CCO3)CC1=O. The van der Waals surface area contributed by atoms with Crippen LogP contribution < -0.4 is 5.32 Å². The second kappa shape index (κ2) is 8.51. The number of nitrogens with one attached hydrogen (secondary N) is 1. The molecule has 2 amide bonds. The van der Waals surface area contributed by atoms with Gasteiger partial charge in [-0.05, 0) is 31.7 Å². The second-order valence-electron chi connectivity index (χ2n) is 8.53. The van der Waals surface area contributed by atoms with E-state index in [1.54, 1.807) is 19.3 Å². The molecular formula is C20H26N6O4S. The summed E-state index contributed by atoms with van der Waals surface area (Å²) in [4.78, 5) is 33.7. The number of amides is 2. The molecule has 2 unspecified atom stereocenters. The van der Waals surface area contributed by atoms with Gasteiger partial charge in [0.05, 0.1) is 21.2 Å². The van der Waals surface area contributed by atoms with Gasteiger partial charge in [0.1, 0.15) is 11.9 Å². The van der Waals surface area contributed by atoms with Crippen molar-refractivity contribution in [3.8, 4) is 6.07 Å². The molecule has 1 N–H and O–H groups in total. The van der Waals surface area contributed by atoms with Gasteiger partial charge in [0.25, 0.3) is 5.91 Å². The summed E-state index contributed by atoms with van der Waals surface area (Å²) in [5, 5.41) is 12.3. The molecular weight excluding hydrogens is 420 g/mol. The lowest BCUT2D eigenvalue weighted by molar-refractivity contribution is -0.127. The third-order valence-electron chi connectivity index (χ3n) is 6.30. The largest absolute Gasteiger partial charge is 0.375 e. The Bertz CT molecular complexity index is 1030. The van der Waals surface area contributed by atoms with Crippen molar-refractivity contribution in [1.29, 1.82) is 5.26 Å². The molecule has 3 aliphatic rings. The molecule has 3 aliphatic heterocycles. The van der Waals surface area contributed by atoms with Gasteiger partial charge in [0.2, 0.25) is 11.7 Å². The molecule has 166 valence electrons. The Labute approximate surface area is 181 Å². The van der Waals surface area contributed by atoms with Gasteiger partial charge in [-0.15, -0.1) is 0 Å². The fourth-order valence-corrected chi connectivity index (χ4v) is 6.72. The average Bonchev–Trinajstić information content (AvgIpc) is 3.10. The third-order valence-corrected chi connectivity index (χ3v) is 8.50. The molecule has 1 aromatic rings. The predicted molar refractivity (Wildman–Crippen MR) is 112 cm³/mol. The number of carbonyl (C=O) groups excluding carboxylic acids is 2. The number of rotatable bonds is 3. The van der Waals surface area contributed by atoms with Crippen molar-refractivity contribution >= 4 is 27.4 Å². The summed E-state index contributed by atoms with van der Waals surface area (Å²) in [6.07, 6.45) is 4.35. The Kier molecular flexibility index (Phi) is 5.94. The molecule has 11 heteroatoms. The van der Waals surface area contributed by atoms with Crippen LogP contribution in [-0.2, 0) is 24.1 Å². The Balaban J connectivity index is 1.38. The van der Waals surface area contributed by atoms with Gasteiger partial charge < -0.3 is 15.0 Å². The Morgan fingerprint density at radius 1 is 1.45 bits per heavy atom. The highest BCUT2D eigenvalue weighted by molar-refractivity contribution is 7.93. The summed E-state index contributed by atoms with van der Waals surface area (Å²) in [6, 6.07) is 3.78. The second-order valence-corrected chi connectivity index (χ2v) is 11.1. The van der Waals surface area contributed by atoms with Crippen molar-refractivity contribution in [2.24, 2.45) is 10.3 Å². The summed E-state index contributed by atoms with van der Waals surface area (Å²) in [5.41, 5.74) is -0.399. The van der Waals surface area contributed by atoms with Crippen LogP contribution >= 0.6 is 0 Å². The first-order valence-corrected chi connectivity index (χ1v) is 12.3. The lowest BCUT2D eigenvalue weighted by Crippen LogP contribution is -2.49. The molecule has 2 atom stereocenters. The quantitative estimate of drug-likeness (QED) is 0.724. The summed E-state index contributed by atoms with van der Waals surface area (Å²) >= 11 is 0. The number of hydrogen-bond donors (Lipinski definition) is 1. The van der Waals surface area contributed by atoms with Gasteiger partial charge in [0.15, 0.2) is 0 Å². The average molecular weight is 447 g/mol. The molecule has 4 rings (SSSR count). The standard InChI is InChI=1S/C20H26N6O4S/c1-26-13-14(10-18(26)27)19(28)25-31(29)8-4-20(5-9-31)11-15(3-7-30-20)23-16-2-6-22-17(12-21)24-16/h2,6,14-15H,3-5,7-11,13H2,1H3,(H,22,23,24). The van der Waals surface area contributed by atoms with E-state index in [4.69, 9.17) is 10.00 Å². The Morgan fingerprint density at radius 3 is 2.90 bits per heavy atom. The first-order chi connectivity index (χ1) is 14.8. The molecule has 3 saturated heterocycles. The highest BCUT2D eigenvalue weighted by Crippen LogP contribution is 2.37. The van der Waals surface area contributed by atoms with E-state index >= 15 is 0 Å². The lowest BCUT2D eigenvalue weighted by atomic mass is 9.85. The minimum absolute atomic E-state index is 0.0779. The van der Waals surface area contributed by atoms with Gasteiger partial charge in [-0.3, -0.25) is 9.59 Å². The number of anilines is 1. The van der Waals surface area contributed by atoms with Crippen LogP contribution in [0.1, 0.15) is 37.9 Å². The first-order valence-electron chi connectivity index (χ1n) is 10.4. The topological polar surface area (TPSA) is 138 Å². The van der Waals surface area contributed by atoms with Crippen molar-refractivity contribution in [3.63, 3.8) is 0 Å². The Hall–Kier alpha value is -2.58. The predicted octanol–water partition coefficient (Wildman–Crippen LogP) is 0.945. The minimum Gasteiger partial charge on any atom is -0.375 e. The van der Waals surface area contributed by atoms with Gasteiger partial charge in [0, 0.05) is 50.4 Å². The molecule has 0 aromatic carbocycles. The van der Waals surface area contributed by atoms with Crippen molar-refractivity contribution < 1.29 is 18.5 Å². The maximum absolute atomic E-state index is 13.2. The molecule has 31 heavy (non-hydrogen) atoms. The van der Waals surface area contributed by atoms with Crippen LogP contribution in [0.25, 0.3) is 0 Å². The van der Waals surface area contributed by atoms with Gasteiger partial charge >= 0.3 is 0 Å². The molecule has 1 aromatic heterocycles. The van der Waals surface area contributed by atoms with E-state index in [1.807, 2.05) is 6.07 Å². The zero-order valence-electron chi connectivity index (χ0n) is 17.5. The number of nitrogens with zero attached hydrogens (tertiary/aromatic N) is 5. The summed E-state index contributed by atoms with van der Waals surface area (Å²) in [6.45, 7) is 0.912. The van der Waals surface area contributed by atoms with E-state index in [-0.39, 0.29) is 24.2 Å². The number of ether oxygens (including phenoxy) is 1. The van der Waals surface area contributed by atoms with Crippen LogP contribution in [0.4, 0.5) is 5.82 Å². The van der Waals surface area contributed by atoms with Gasteiger partial charge in [-0.1, -0.05) is 0 Å².